The summed E-state index contributed by atoms with van der Waals surface area (Å²) in [6.07, 6.45) is 6.62. The van der Waals surface area contributed by atoms with Gasteiger partial charge in [0.05, 0.1) is 0 Å². The van der Waals surface area contributed by atoms with Crippen LogP contribution in [0.3, 0.4) is 0 Å². The van der Waals surface area contributed by atoms with E-state index in [0.717, 1.165) is 29.0 Å². The van der Waals surface area contributed by atoms with Crippen LogP contribution in [-0.2, 0) is 16.1 Å². The zero-order valence-electron chi connectivity index (χ0n) is 18.3. The molecule has 4 nitrogen and oxygen atoms in total. The second-order valence-electron chi connectivity index (χ2n) is 8.32. The first-order valence-corrected chi connectivity index (χ1v) is 11.9. The van der Waals surface area contributed by atoms with E-state index >= 15 is 0 Å². The van der Waals surface area contributed by atoms with Crippen molar-refractivity contribution in [2.45, 2.75) is 44.7 Å². The molecular weight excluding hydrogens is 416 g/mol. The number of rotatable bonds is 7. The fourth-order valence-electron chi connectivity index (χ4n) is 4.29. The summed E-state index contributed by atoms with van der Waals surface area (Å²) in [6.45, 7) is 2.44. The molecule has 1 N–H and O–H groups in total. The van der Waals surface area contributed by atoms with E-state index in [9.17, 15) is 9.59 Å². The lowest BCUT2D eigenvalue weighted by atomic mass is 9.92. The third kappa shape index (κ3) is 5.00. The molecule has 1 heterocycles. The van der Waals surface area contributed by atoms with Crippen molar-refractivity contribution in [3.05, 3.63) is 94.2 Å². The molecule has 2 aromatic carbocycles. The molecule has 1 aliphatic rings. The highest BCUT2D eigenvalue weighted by Gasteiger charge is 2.47. The number of nitrogens with one attached hydrogen (secondary N) is 1. The molecule has 1 aromatic heterocycles. The summed E-state index contributed by atoms with van der Waals surface area (Å²) in [5, 5.41) is 5.06. The van der Waals surface area contributed by atoms with Gasteiger partial charge in [-0.05, 0) is 55.0 Å². The van der Waals surface area contributed by atoms with Crippen molar-refractivity contribution in [1.82, 2.24) is 4.90 Å². The zero-order chi connectivity index (χ0) is 22.4. The Hall–Kier alpha value is -3.18. The number of anilines is 1. The molecule has 1 aliphatic carbocycles. The van der Waals surface area contributed by atoms with Gasteiger partial charge in [0.1, 0.15) is 5.54 Å². The third-order valence-electron chi connectivity index (χ3n) is 6.06. The molecule has 164 valence electrons. The SMILES string of the molecule is Cc1ccc(CN(C(=O)/C=C/c2cccs2)C2(C(=O)Nc3ccccc3)CCCC2)cc1. The number of hydrogen-bond donors (Lipinski definition) is 1. The van der Waals surface area contributed by atoms with E-state index in [-0.39, 0.29) is 11.8 Å². The largest absolute Gasteiger partial charge is 0.324 e. The third-order valence-corrected chi connectivity index (χ3v) is 6.90. The highest BCUT2D eigenvalue weighted by Crippen LogP contribution is 2.38. The monoisotopic (exact) mass is 444 g/mol. The molecule has 0 atom stereocenters. The molecule has 0 spiro atoms. The maximum atomic E-state index is 13.6. The lowest BCUT2D eigenvalue weighted by Crippen LogP contribution is -2.56. The molecule has 0 radical (unpaired) electrons. The van der Waals surface area contributed by atoms with Crippen molar-refractivity contribution in [3.8, 4) is 0 Å². The average molecular weight is 445 g/mol. The van der Waals surface area contributed by atoms with Gasteiger partial charge in [-0.25, -0.2) is 0 Å². The summed E-state index contributed by atoms with van der Waals surface area (Å²) in [6, 6.07) is 21.6. The van der Waals surface area contributed by atoms with Crippen LogP contribution < -0.4 is 5.32 Å². The number of benzene rings is 2. The van der Waals surface area contributed by atoms with Gasteiger partial charge in [0.25, 0.3) is 0 Å². The Balaban J connectivity index is 1.66. The van der Waals surface area contributed by atoms with Crippen molar-refractivity contribution >= 4 is 34.9 Å². The Morgan fingerprint density at radius 3 is 2.38 bits per heavy atom. The van der Waals surface area contributed by atoms with Crippen molar-refractivity contribution < 1.29 is 9.59 Å². The second kappa shape index (κ2) is 9.96. The topological polar surface area (TPSA) is 49.4 Å². The Bertz CT molecular complexity index is 1070. The minimum atomic E-state index is -0.863. The Morgan fingerprint density at radius 1 is 1.00 bits per heavy atom. The molecule has 32 heavy (non-hydrogen) atoms. The van der Waals surface area contributed by atoms with E-state index in [1.54, 1.807) is 22.3 Å². The number of thiophene rings is 1. The summed E-state index contributed by atoms with van der Waals surface area (Å²) in [5.74, 6) is -0.240. The van der Waals surface area contributed by atoms with Gasteiger partial charge in [0, 0.05) is 23.2 Å². The number of nitrogens with zero attached hydrogens (tertiary/aromatic N) is 1. The number of hydrogen-bond acceptors (Lipinski definition) is 3. The minimum Gasteiger partial charge on any atom is -0.324 e. The maximum absolute atomic E-state index is 13.6. The number of carbonyl (C=O) groups is 2. The van der Waals surface area contributed by atoms with Gasteiger partial charge in [-0.3, -0.25) is 9.59 Å². The normalized spacial score (nSPS) is 15.0. The van der Waals surface area contributed by atoms with E-state index in [0.29, 0.717) is 19.4 Å². The first kappa shape index (κ1) is 22.0. The molecule has 0 aliphatic heterocycles. The molecule has 0 bridgehead atoms. The van der Waals surface area contributed by atoms with Gasteiger partial charge in [-0.2, -0.15) is 0 Å². The van der Waals surface area contributed by atoms with E-state index in [1.165, 1.54) is 5.56 Å². The molecule has 1 saturated carbocycles. The Kier molecular flexibility index (Phi) is 6.86. The molecule has 3 aromatic rings. The lowest BCUT2D eigenvalue weighted by Gasteiger charge is -2.39. The number of aryl methyl sites for hydroxylation is 1. The lowest BCUT2D eigenvalue weighted by molar-refractivity contribution is -0.142. The average Bonchev–Trinajstić information content (AvgIpc) is 3.51. The molecule has 4 rings (SSSR count). The Morgan fingerprint density at radius 2 is 1.72 bits per heavy atom. The van der Waals surface area contributed by atoms with E-state index < -0.39 is 5.54 Å². The molecule has 5 heteroatoms. The van der Waals surface area contributed by atoms with Crippen molar-refractivity contribution in [2.75, 3.05) is 5.32 Å². The quantitative estimate of drug-likeness (QED) is 0.451. The van der Waals surface area contributed by atoms with E-state index in [2.05, 4.69) is 5.32 Å². The first-order chi connectivity index (χ1) is 15.6. The van der Waals surface area contributed by atoms with Gasteiger partial charge < -0.3 is 10.2 Å². The summed E-state index contributed by atoms with van der Waals surface area (Å²) >= 11 is 1.58. The van der Waals surface area contributed by atoms with E-state index in [4.69, 9.17) is 0 Å². The molecule has 0 saturated heterocycles. The summed E-state index contributed by atoms with van der Waals surface area (Å²) in [5.41, 5.74) is 2.08. The van der Waals surface area contributed by atoms with Crippen LogP contribution in [0.1, 0.15) is 41.7 Å². The van der Waals surface area contributed by atoms with Crippen LogP contribution in [0.15, 0.2) is 78.2 Å². The number of para-hydroxylation sites is 1. The van der Waals surface area contributed by atoms with Crippen molar-refractivity contribution in [2.24, 2.45) is 0 Å². The van der Waals surface area contributed by atoms with Gasteiger partial charge in [-0.15, -0.1) is 11.3 Å². The summed E-state index contributed by atoms with van der Waals surface area (Å²) in [7, 11) is 0. The summed E-state index contributed by atoms with van der Waals surface area (Å²) < 4.78 is 0. The fourth-order valence-corrected chi connectivity index (χ4v) is 4.91. The van der Waals surface area contributed by atoms with Crippen LogP contribution in [-0.4, -0.2) is 22.3 Å². The minimum absolute atomic E-state index is 0.105. The van der Waals surface area contributed by atoms with Gasteiger partial charge in [-0.1, -0.05) is 66.9 Å². The number of carbonyl (C=O) groups excluding carboxylic acids is 2. The van der Waals surface area contributed by atoms with Crippen LogP contribution >= 0.6 is 11.3 Å². The van der Waals surface area contributed by atoms with Crippen molar-refractivity contribution in [1.29, 1.82) is 0 Å². The van der Waals surface area contributed by atoms with Crippen LogP contribution in [0.5, 0.6) is 0 Å². The van der Waals surface area contributed by atoms with Crippen LogP contribution in [0.25, 0.3) is 6.08 Å². The van der Waals surface area contributed by atoms with Gasteiger partial charge in [0.15, 0.2) is 0 Å². The maximum Gasteiger partial charge on any atom is 0.250 e. The predicted octanol–water partition coefficient (Wildman–Crippen LogP) is 6.05. The molecule has 0 unspecified atom stereocenters. The van der Waals surface area contributed by atoms with Crippen LogP contribution in [0, 0.1) is 6.92 Å². The van der Waals surface area contributed by atoms with Crippen molar-refractivity contribution in [3.63, 3.8) is 0 Å². The number of amides is 2. The molecule has 2 amide bonds. The van der Waals surface area contributed by atoms with E-state index in [1.807, 2.05) is 85.1 Å². The highest BCUT2D eigenvalue weighted by atomic mass is 32.1. The molecule has 1 fully saturated rings. The standard InChI is InChI=1S/C27H28N2O2S/c1-21-11-13-22(14-12-21)20-29(25(30)16-15-24-10-7-19-32-24)27(17-5-6-18-27)26(31)28-23-8-3-2-4-9-23/h2-4,7-16,19H,5-6,17-18,20H2,1H3,(H,28,31)/b16-15+. The van der Waals surface area contributed by atoms with Crippen LogP contribution in [0.2, 0.25) is 0 Å². The van der Waals surface area contributed by atoms with Gasteiger partial charge in [0.2, 0.25) is 11.8 Å². The predicted molar refractivity (Wildman–Crippen MR) is 131 cm³/mol. The molecular formula is C27H28N2O2S. The van der Waals surface area contributed by atoms with Crippen LogP contribution in [0.4, 0.5) is 5.69 Å². The summed E-state index contributed by atoms with van der Waals surface area (Å²) in [4.78, 5) is 30.0. The van der Waals surface area contributed by atoms with Gasteiger partial charge >= 0.3 is 0 Å². The Labute approximate surface area is 193 Å². The highest BCUT2D eigenvalue weighted by molar-refractivity contribution is 7.10. The second-order valence-corrected chi connectivity index (χ2v) is 9.30. The smallest absolute Gasteiger partial charge is 0.250 e. The fraction of sp³-hybridized carbons (Fsp3) is 0.259. The first-order valence-electron chi connectivity index (χ1n) is 11.0. The zero-order valence-corrected chi connectivity index (χ0v) is 19.1.